The summed E-state index contributed by atoms with van der Waals surface area (Å²) in [4.78, 5) is 34.4. The molecule has 0 aliphatic carbocycles. The number of nitrogens with zero attached hydrogens (tertiary/aromatic N) is 5. The first-order chi connectivity index (χ1) is 18.6. The number of hydrogen-bond donors (Lipinski definition) is 0. The van der Waals surface area contributed by atoms with Crippen molar-refractivity contribution < 1.29 is 18.7 Å². The van der Waals surface area contributed by atoms with Gasteiger partial charge in [-0.2, -0.15) is 4.98 Å². The zero-order valence-electron chi connectivity index (χ0n) is 24.3. The van der Waals surface area contributed by atoms with Crippen LogP contribution in [0, 0.1) is 11.0 Å². The van der Waals surface area contributed by atoms with Crippen LogP contribution in [0.2, 0.25) is 5.15 Å². The van der Waals surface area contributed by atoms with Crippen molar-refractivity contribution in [2.75, 3.05) is 24.5 Å². The monoisotopic (exact) mass is 573 g/mol. The average molecular weight is 574 g/mol. The fourth-order valence-electron chi connectivity index (χ4n) is 5.17. The van der Waals surface area contributed by atoms with E-state index < -0.39 is 28.4 Å². The van der Waals surface area contributed by atoms with E-state index in [1.165, 1.54) is 4.57 Å². The largest absolute Gasteiger partial charge is 0.709 e. The molecule has 0 unspecified atom stereocenters. The summed E-state index contributed by atoms with van der Waals surface area (Å²) in [5.41, 5.74) is 0.841. The lowest BCUT2D eigenvalue weighted by atomic mass is 9.92. The second-order valence-corrected chi connectivity index (χ2v) is 12.3. The highest BCUT2D eigenvalue weighted by atomic mass is 35.5. The van der Waals surface area contributed by atoms with Crippen LogP contribution in [0.3, 0.4) is 0 Å². The van der Waals surface area contributed by atoms with Crippen LogP contribution in [0.5, 0.6) is 0 Å². The molecule has 4 rings (SSSR count). The van der Waals surface area contributed by atoms with Crippen molar-refractivity contribution in [2.45, 2.75) is 78.9 Å². The van der Waals surface area contributed by atoms with Gasteiger partial charge in [0.05, 0.1) is 0 Å². The molecule has 3 aromatic rings. The number of piperazine rings is 1. The summed E-state index contributed by atoms with van der Waals surface area (Å²) in [5, 5.41) is 13.0. The van der Waals surface area contributed by atoms with Gasteiger partial charge in [0.15, 0.2) is 11.6 Å². The van der Waals surface area contributed by atoms with Crippen LogP contribution in [0.1, 0.15) is 78.4 Å². The topological polar surface area (TPSA) is 94.6 Å². The molecule has 1 aromatic carbocycles. The number of rotatable bonds is 4. The van der Waals surface area contributed by atoms with E-state index in [1.54, 1.807) is 25.7 Å². The highest BCUT2D eigenvalue weighted by Crippen LogP contribution is 2.34. The molecule has 216 valence electrons. The molecule has 40 heavy (non-hydrogen) atoms. The Kier molecular flexibility index (Phi) is 8.04. The molecule has 1 aliphatic heterocycles. The number of hydrogen-bond acceptors (Lipinski definition) is 6. The first-order valence-corrected chi connectivity index (χ1v) is 13.9. The Labute approximate surface area is 238 Å². The minimum Gasteiger partial charge on any atom is -0.709 e. The van der Waals surface area contributed by atoms with Gasteiger partial charge >= 0.3 is 17.4 Å². The molecule has 0 bridgehead atoms. The lowest BCUT2D eigenvalue weighted by Crippen LogP contribution is -2.55. The van der Waals surface area contributed by atoms with Crippen LogP contribution in [-0.4, -0.2) is 51.8 Å². The quantitative estimate of drug-likeness (QED) is 0.232. The molecule has 11 heteroatoms. The summed E-state index contributed by atoms with van der Waals surface area (Å²) in [5.74, 6) is -0.709. The molecule has 0 radical (unpaired) electrons. The number of benzene rings is 1. The van der Waals surface area contributed by atoms with Gasteiger partial charge < -0.3 is 19.7 Å². The smallest absolute Gasteiger partial charge is 0.442 e. The molecule has 0 saturated carbocycles. The SMILES string of the molecule is CC(C)c1cccc(C(C)C)c1-n1c(=O)nc(N2CCN(C(=O)OC(C)(C)C)C[C@@H]2C)c2cc(F)c(Cl)[n+]([O-])c21. The van der Waals surface area contributed by atoms with E-state index in [-0.39, 0.29) is 39.5 Å². The van der Waals surface area contributed by atoms with Crippen molar-refractivity contribution in [1.82, 2.24) is 14.5 Å². The van der Waals surface area contributed by atoms with E-state index in [0.717, 1.165) is 17.2 Å². The molecule has 0 spiro atoms. The van der Waals surface area contributed by atoms with Crippen molar-refractivity contribution >= 4 is 34.5 Å². The second-order valence-electron chi connectivity index (χ2n) is 11.9. The van der Waals surface area contributed by atoms with Gasteiger partial charge in [0.25, 0.3) is 0 Å². The van der Waals surface area contributed by atoms with E-state index in [4.69, 9.17) is 16.3 Å². The average Bonchev–Trinajstić information content (AvgIpc) is 2.86. The van der Waals surface area contributed by atoms with Gasteiger partial charge in [0, 0.05) is 36.8 Å². The Morgan fingerprint density at radius 3 is 2.30 bits per heavy atom. The predicted octanol–water partition coefficient (Wildman–Crippen LogP) is 5.50. The molecule has 9 nitrogen and oxygen atoms in total. The van der Waals surface area contributed by atoms with E-state index in [0.29, 0.717) is 25.3 Å². The Morgan fingerprint density at radius 2 is 1.77 bits per heavy atom. The molecule has 1 atom stereocenters. The van der Waals surface area contributed by atoms with Crippen molar-refractivity contribution in [3.05, 3.63) is 62.1 Å². The number of pyridine rings is 1. The van der Waals surface area contributed by atoms with Gasteiger partial charge in [0.1, 0.15) is 16.7 Å². The first-order valence-electron chi connectivity index (χ1n) is 13.5. The summed E-state index contributed by atoms with van der Waals surface area (Å²) in [6, 6.07) is 6.60. The van der Waals surface area contributed by atoms with Crippen molar-refractivity contribution in [3.63, 3.8) is 0 Å². The van der Waals surface area contributed by atoms with Gasteiger partial charge in [-0.15, -0.1) is 4.57 Å². The Bertz CT molecular complexity index is 1490. The number of carbonyl (C=O) groups is 1. The van der Waals surface area contributed by atoms with E-state index in [9.17, 15) is 19.2 Å². The molecule has 0 N–H and O–H groups in total. The normalized spacial score (nSPS) is 16.4. The third-order valence-corrected chi connectivity index (χ3v) is 7.38. The van der Waals surface area contributed by atoms with Crippen LogP contribution >= 0.6 is 11.6 Å². The molecular formula is C29H37ClFN5O4. The van der Waals surface area contributed by atoms with E-state index in [1.807, 2.05) is 57.7 Å². The van der Waals surface area contributed by atoms with Crippen molar-refractivity contribution in [3.8, 4) is 5.69 Å². The maximum absolute atomic E-state index is 15.0. The maximum atomic E-state index is 15.0. The van der Waals surface area contributed by atoms with Gasteiger partial charge in [-0.3, -0.25) is 0 Å². The first kappa shape index (κ1) is 29.6. The number of ether oxygens (including phenoxy) is 1. The number of para-hydroxylation sites is 1. The molecular weight excluding hydrogens is 537 g/mol. The minimum atomic E-state index is -0.918. The Morgan fingerprint density at radius 1 is 1.18 bits per heavy atom. The van der Waals surface area contributed by atoms with Gasteiger partial charge in [-0.1, -0.05) is 45.9 Å². The third kappa shape index (κ3) is 5.46. The molecule has 3 heterocycles. The third-order valence-electron chi connectivity index (χ3n) is 7.04. The molecule has 1 amide bonds. The molecule has 1 fully saturated rings. The number of anilines is 1. The standard InChI is InChI=1S/C29H37ClFN5O4/c1-16(2)19-10-9-11-20(17(3)4)23(19)35-26-21(14-22(31)24(30)36(26)39)25(32-27(35)37)34-13-12-33(15-18(34)5)28(38)40-29(6,7)8/h9-11,14,16-18H,12-13,15H2,1-8H3/t18-/m0/s1. The summed E-state index contributed by atoms with van der Waals surface area (Å²) in [6.45, 7) is 16.2. The summed E-state index contributed by atoms with van der Waals surface area (Å²) < 4.78 is 22.0. The minimum absolute atomic E-state index is 0.0207. The van der Waals surface area contributed by atoms with E-state index in [2.05, 4.69) is 4.98 Å². The zero-order valence-corrected chi connectivity index (χ0v) is 25.0. The van der Waals surface area contributed by atoms with Crippen LogP contribution in [0.25, 0.3) is 16.7 Å². The Hall–Kier alpha value is -3.40. The van der Waals surface area contributed by atoms with Crippen LogP contribution < -0.4 is 15.3 Å². The van der Waals surface area contributed by atoms with Gasteiger partial charge in [-0.25, -0.2) is 18.7 Å². The summed E-state index contributed by atoms with van der Waals surface area (Å²) in [7, 11) is 0. The number of carbonyl (C=O) groups excluding carboxylic acids is 1. The van der Waals surface area contributed by atoms with Crippen LogP contribution in [0.4, 0.5) is 15.0 Å². The number of halogens is 2. The summed E-state index contributed by atoms with van der Waals surface area (Å²) >= 11 is 6.11. The maximum Gasteiger partial charge on any atom is 0.442 e. The van der Waals surface area contributed by atoms with Crippen molar-refractivity contribution in [2.24, 2.45) is 0 Å². The number of aromatic nitrogens is 3. The van der Waals surface area contributed by atoms with Gasteiger partial charge in [-0.05, 0) is 57.2 Å². The fourth-order valence-corrected chi connectivity index (χ4v) is 5.31. The number of amides is 1. The highest BCUT2D eigenvalue weighted by Gasteiger charge is 2.35. The van der Waals surface area contributed by atoms with Crippen molar-refractivity contribution in [1.29, 1.82) is 0 Å². The molecule has 1 aliphatic rings. The Balaban J connectivity index is 1.94. The van der Waals surface area contributed by atoms with Gasteiger partial charge in [0.2, 0.25) is 5.15 Å². The molecule has 2 aromatic heterocycles. The lowest BCUT2D eigenvalue weighted by Gasteiger charge is -2.40. The van der Waals surface area contributed by atoms with E-state index >= 15 is 0 Å². The zero-order chi connectivity index (χ0) is 29.7. The van der Waals surface area contributed by atoms with Crippen LogP contribution in [-0.2, 0) is 4.74 Å². The highest BCUT2D eigenvalue weighted by molar-refractivity contribution is 6.28. The fraction of sp³-hybridized carbons (Fsp3) is 0.517. The predicted molar refractivity (Wildman–Crippen MR) is 154 cm³/mol. The number of fused-ring (bicyclic) bond motifs is 1. The summed E-state index contributed by atoms with van der Waals surface area (Å²) in [6.07, 6.45) is -0.436. The lowest BCUT2D eigenvalue weighted by molar-refractivity contribution is -0.579. The van der Waals surface area contributed by atoms with Crippen LogP contribution in [0.15, 0.2) is 29.1 Å². The second kappa shape index (κ2) is 10.9. The molecule has 1 saturated heterocycles.